The van der Waals surface area contributed by atoms with Crippen molar-refractivity contribution in [2.24, 2.45) is 0 Å². The summed E-state index contributed by atoms with van der Waals surface area (Å²) in [6, 6.07) is 25.0. The molecule has 178 valence electrons. The number of carbonyl (C=O) groups excluding carboxylic acids is 2. The maximum Gasteiger partial charge on any atom is 0.243 e. The van der Waals surface area contributed by atoms with Crippen molar-refractivity contribution in [3.63, 3.8) is 0 Å². The van der Waals surface area contributed by atoms with Gasteiger partial charge in [0.15, 0.2) is 0 Å². The maximum atomic E-state index is 14.6. The van der Waals surface area contributed by atoms with E-state index < -0.39 is 6.04 Å². The van der Waals surface area contributed by atoms with Gasteiger partial charge in [-0.2, -0.15) is 0 Å². The average Bonchev–Trinajstić information content (AvgIpc) is 2.86. The maximum absolute atomic E-state index is 14.6. The van der Waals surface area contributed by atoms with Gasteiger partial charge in [-0.3, -0.25) is 9.59 Å². The van der Waals surface area contributed by atoms with Crippen molar-refractivity contribution >= 4 is 11.8 Å². The van der Waals surface area contributed by atoms with Gasteiger partial charge >= 0.3 is 0 Å². The lowest BCUT2D eigenvalue weighted by Crippen LogP contribution is -2.52. The van der Waals surface area contributed by atoms with Crippen LogP contribution >= 0.6 is 0 Å². The molecule has 0 unspecified atom stereocenters. The van der Waals surface area contributed by atoms with Crippen LogP contribution in [0.5, 0.6) is 0 Å². The number of aryl methyl sites for hydroxylation is 1. The van der Waals surface area contributed by atoms with Crippen molar-refractivity contribution in [1.29, 1.82) is 0 Å². The third-order valence-electron chi connectivity index (χ3n) is 6.04. The standard InChI is InChI=1S/C29H33FN2O2/c1-3-22(2)31-29(34)27(20-24-14-8-5-9-15-24)32(21-25-16-10-11-17-26(25)30)28(33)19-18-23-12-6-4-7-13-23/h4-17,22,27H,3,18-21H2,1-2H3,(H,31,34)/t22-,27+/m1/s1. The molecule has 0 aliphatic rings. The van der Waals surface area contributed by atoms with Crippen molar-refractivity contribution in [3.8, 4) is 0 Å². The summed E-state index contributed by atoms with van der Waals surface area (Å²) in [5, 5.41) is 3.03. The van der Waals surface area contributed by atoms with E-state index in [-0.39, 0.29) is 36.6 Å². The Kier molecular flexibility index (Phi) is 9.39. The zero-order valence-corrected chi connectivity index (χ0v) is 19.9. The predicted molar refractivity (Wildman–Crippen MR) is 134 cm³/mol. The van der Waals surface area contributed by atoms with Gasteiger partial charge in [-0.25, -0.2) is 4.39 Å². The number of nitrogens with zero attached hydrogens (tertiary/aromatic N) is 1. The number of hydrogen-bond acceptors (Lipinski definition) is 2. The first-order chi connectivity index (χ1) is 16.5. The number of benzene rings is 3. The Morgan fingerprint density at radius 3 is 2.09 bits per heavy atom. The molecule has 0 saturated carbocycles. The molecule has 1 N–H and O–H groups in total. The van der Waals surface area contributed by atoms with E-state index in [1.807, 2.05) is 74.5 Å². The normalized spacial score (nSPS) is 12.6. The van der Waals surface area contributed by atoms with Gasteiger partial charge in [0.1, 0.15) is 11.9 Å². The molecule has 2 atom stereocenters. The van der Waals surface area contributed by atoms with Crippen molar-refractivity contribution in [2.75, 3.05) is 0 Å². The second kappa shape index (κ2) is 12.7. The highest BCUT2D eigenvalue weighted by Crippen LogP contribution is 2.18. The van der Waals surface area contributed by atoms with Crippen LogP contribution in [-0.4, -0.2) is 28.8 Å². The lowest BCUT2D eigenvalue weighted by Gasteiger charge is -2.32. The van der Waals surface area contributed by atoms with Crippen LogP contribution in [0.3, 0.4) is 0 Å². The minimum Gasteiger partial charge on any atom is -0.352 e. The molecule has 0 aliphatic carbocycles. The minimum atomic E-state index is -0.751. The van der Waals surface area contributed by atoms with Gasteiger partial charge in [0, 0.05) is 31.0 Å². The van der Waals surface area contributed by atoms with E-state index in [1.165, 1.54) is 6.07 Å². The molecule has 3 aromatic rings. The van der Waals surface area contributed by atoms with E-state index in [0.717, 1.165) is 17.5 Å². The van der Waals surface area contributed by atoms with Crippen LogP contribution in [0, 0.1) is 5.82 Å². The second-order valence-corrected chi connectivity index (χ2v) is 8.62. The monoisotopic (exact) mass is 460 g/mol. The molecule has 0 saturated heterocycles. The van der Waals surface area contributed by atoms with E-state index in [9.17, 15) is 14.0 Å². The van der Waals surface area contributed by atoms with E-state index in [0.29, 0.717) is 18.4 Å². The van der Waals surface area contributed by atoms with Gasteiger partial charge in [0.2, 0.25) is 11.8 Å². The lowest BCUT2D eigenvalue weighted by atomic mass is 10.0. The molecule has 5 heteroatoms. The third kappa shape index (κ3) is 7.27. The van der Waals surface area contributed by atoms with Crippen LogP contribution in [0.1, 0.15) is 43.4 Å². The number of nitrogens with one attached hydrogen (secondary N) is 1. The molecule has 0 aromatic heterocycles. The van der Waals surface area contributed by atoms with Crippen molar-refractivity contribution in [3.05, 3.63) is 107 Å². The Bertz CT molecular complexity index is 1060. The molecule has 0 aliphatic heterocycles. The first-order valence-corrected chi connectivity index (χ1v) is 11.9. The SMILES string of the molecule is CC[C@@H](C)NC(=O)[C@H](Cc1ccccc1)N(Cc1ccccc1F)C(=O)CCc1ccccc1. The number of amides is 2. The Labute approximate surface area is 201 Å². The molecule has 4 nitrogen and oxygen atoms in total. The topological polar surface area (TPSA) is 49.4 Å². The summed E-state index contributed by atoms with van der Waals surface area (Å²) in [4.78, 5) is 28.5. The summed E-state index contributed by atoms with van der Waals surface area (Å²) in [5.74, 6) is -0.779. The molecule has 0 bridgehead atoms. The molecule has 2 amide bonds. The van der Waals surface area contributed by atoms with Crippen LogP contribution in [0.2, 0.25) is 0 Å². The van der Waals surface area contributed by atoms with Gasteiger partial charge in [-0.1, -0.05) is 85.8 Å². The number of rotatable bonds is 11. The Hall–Kier alpha value is -3.47. The van der Waals surface area contributed by atoms with Gasteiger partial charge in [0.25, 0.3) is 0 Å². The average molecular weight is 461 g/mol. The van der Waals surface area contributed by atoms with E-state index in [1.54, 1.807) is 23.1 Å². The van der Waals surface area contributed by atoms with Gasteiger partial charge in [-0.05, 0) is 37.0 Å². The summed E-state index contributed by atoms with van der Waals surface area (Å²) in [6.07, 6.45) is 1.92. The highest BCUT2D eigenvalue weighted by atomic mass is 19.1. The second-order valence-electron chi connectivity index (χ2n) is 8.62. The Morgan fingerprint density at radius 2 is 1.47 bits per heavy atom. The quantitative estimate of drug-likeness (QED) is 0.421. The highest BCUT2D eigenvalue weighted by molar-refractivity contribution is 5.88. The molecule has 3 aromatic carbocycles. The van der Waals surface area contributed by atoms with Crippen LogP contribution in [0.4, 0.5) is 4.39 Å². The van der Waals surface area contributed by atoms with Gasteiger partial charge in [0.05, 0.1) is 0 Å². The first-order valence-electron chi connectivity index (χ1n) is 11.9. The fourth-order valence-corrected chi connectivity index (χ4v) is 3.84. The van der Waals surface area contributed by atoms with Crippen LogP contribution < -0.4 is 5.32 Å². The summed E-state index contributed by atoms with van der Waals surface area (Å²) in [7, 11) is 0. The summed E-state index contributed by atoms with van der Waals surface area (Å²) in [6.45, 7) is 3.97. The molecule has 0 spiro atoms. The summed E-state index contributed by atoms with van der Waals surface area (Å²) < 4.78 is 14.6. The molecule has 0 heterocycles. The molecular weight excluding hydrogens is 427 g/mol. The van der Waals surface area contributed by atoms with Crippen LogP contribution in [0.25, 0.3) is 0 Å². The predicted octanol–water partition coefficient (Wildman–Crippen LogP) is 5.31. The fraction of sp³-hybridized carbons (Fsp3) is 0.310. The zero-order valence-electron chi connectivity index (χ0n) is 19.9. The molecule has 3 rings (SSSR count). The van der Waals surface area contributed by atoms with E-state index in [4.69, 9.17) is 0 Å². The molecule has 34 heavy (non-hydrogen) atoms. The molecular formula is C29H33FN2O2. The van der Waals surface area contributed by atoms with Crippen molar-refractivity contribution in [1.82, 2.24) is 10.2 Å². The zero-order chi connectivity index (χ0) is 24.3. The summed E-state index contributed by atoms with van der Waals surface area (Å²) in [5.41, 5.74) is 2.39. The van der Waals surface area contributed by atoms with E-state index >= 15 is 0 Å². The van der Waals surface area contributed by atoms with Gasteiger partial charge < -0.3 is 10.2 Å². The van der Waals surface area contributed by atoms with Crippen molar-refractivity contribution in [2.45, 2.75) is 58.2 Å². The highest BCUT2D eigenvalue weighted by Gasteiger charge is 2.31. The molecule has 0 radical (unpaired) electrons. The lowest BCUT2D eigenvalue weighted by molar-refractivity contribution is -0.141. The van der Waals surface area contributed by atoms with Gasteiger partial charge in [-0.15, -0.1) is 0 Å². The summed E-state index contributed by atoms with van der Waals surface area (Å²) >= 11 is 0. The van der Waals surface area contributed by atoms with Crippen molar-refractivity contribution < 1.29 is 14.0 Å². The Morgan fingerprint density at radius 1 is 0.882 bits per heavy atom. The molecule has 0 fully saturated rings. The number of hydrogen-bond donors (Lipinski definition) is 1. The minimum absolute atomic E-state index is 0.0273. The van der Waals surface area contributed by atoms with Crippen LogP contribution in [-0.2, 0) is 29.0 Å². The van der Waals surface area contributed by atoms with E-state index in [2.05, 4.69) is 5.32 Å². The first kappa shape index (κ1) is 25.2. The number of carbonyl (C=O) groups is 2. The smallest absolute Gasteiger partial charge is 0.243 e. The fourth-order valence-electron chi connectivity index (χ4n) is 3.84. The third-order valence-corrected chi connectivity index (χ3v) is 6.04. The van der Waals surface area contributed by atoms with Crippen LogP contribution in [0.15, 0.2) is 84.9 Å². The number of halogens is 1. The Balaban J connectivity index is 1.92. The largest absolute Gasteiger partial charge is 0.352 e.